The summed E-state index contributed by atoms with van der Waals surface area (Å²) in [5.41, 5.74) is 5.28. The van der Waals surface area contributed by atoms with Gasteiger partial charge in [-0.15, -0.1) is 0 Å². The Bertz CT molecular complexity index is 1010. The van der Waals surface area contributed by atoms with E-state index in [1.54, 1.807) is 37.3 Å². The Labute approximate surface area is 180 Å². The summed E-state index contributed by atoms with van der Waals surface area (Å²) >= 11 is 0. The first-order valence-corrected chi connectivity index (χ1v) is 10.1. The summed E-state index contributed by atoms with van der Waals surface area (Å²) in [6.07, 6.45) is 1.58. The third-order valence-electron chi connectivity index (χ3n) is 5.11. The molecule has 8 nitrogen and oxygen atoms in total. The number of morpholine rings is 1. The molecule has 0 saturated carbocycles. The van der Waals surface area contributed by atoms with E-state index in [9.17, 15) is 14.4 Å². The van der Waals surface area contributed by atoms with E-state index >= 15 is 0 Å². The van der Waals surface area contributed by atoms with Crippen molar-refractivity contribution in [1.82, 2.24) is 5.43 Å². The molecule has 0 aromatic heterocycles. The molecule has 2 aromatic rings. The highest BCUT2D eigenvalue weighted by molar-refractivity contribution is 6.31. The number of carbonyl (C=O) groups is 3. The van der Waals surface area contributed by atoms with Gasteiger partial charge in [0.15, 0.2) is 0 Å². The van der Waals surface area contributed by atoms with Gasteiger partial charge in [0.05, 0.1) is 31.1 Å². The van der Waals surface area contributed by atoms with Crippen LogP contribution < -0.4 is 15.3 Å². The summed E-state index contributed by atoms with van der Waals surface area (Å²) in [4.78, 5) is 39.2. The zero-order valence-corrected chi connectivity index (χ0v) is 17.2. The molecule has 0 aliphatic carbocycles. The number of rotatable bonds is 5. The molecule has 2 fully saturated rings. The van der Waals surface area contributed by atoms with E-state index in [1.807, 2.05) is 24.3 Å². The second-order valence-electron chi connectivity index (χ2n) is 7.10. The lowest BCUT2D eigenvalue weighted by molar-refractivity contribution is -0.117. The third kappa shape index (κ3) is 4.44. The van der Waals surface area contributed by atoms with Gasteiger partial charge in [-0.3, -0.25) is 15.0 Å². The van der Waals surface area contributed by atoms with Crippen molar-refractivity contribution in [3.8, 4) is 0 Å². The number of hydrogen-bond acceptors (Lipinski definition) is 6. The number of nitrogens with zero attached hydrogens (tertiary/aromatic N) is 2. The van der Waals surface area contributed by atoms with Crippen molar-refractivity contribution in [1.29, 1.82) is 0 Å². The van der Waals surface area contributed by atoms with Crippen molar-refractivity contribution in [2.75, 3.05) is 42.8 Å². The molecule has 0 atom stereocenters. The van der Waals surface area contributed by atoms with E-state index in [1.165, 1.54) is 5.01 Å². The lowest BCUT2D eigenvalue weighted by atomic mass is 10.1. The molecular formula is C23H23N3O5. The molecule has 0 unspecified atom stereocenters. The van der Waals surface area contributed by atoms with E-state index in [-0.39, 0.29) is 12.2 Å². The van der Waals surface area contributed by atoms with Gasteiger partial charge in [-0.1, -0.05) is 12.1 Å². The standard InChI is InChI=1S/C23H23N3O5/c1-2-31-23(29)17-5-9-19(10-6-17)26-22(28)20(21(27)24-26)15-16-3-7-18(8-4-16)25-11-13-30-14-12-25/h3-10,15H,2,11-14H2,1H3,(H,24,27)/b20-15-. The predicted octanol–water partition coefficient (Wildman–Crippen LogP) is 2.16. The SMILES string of the molecule is CCOC(=O)c1ccc(N2NC(=O)/C(=C/c3ccc(N4CCOCC4)cc3)C2=O)cc1. The van der Waals surface area contributed by atoms with Crippen LogP contribution in [-0.4, -0.2) is 50.7 Å². The van der Waals surface area contributed by atoms with Gasteiger partial charge in [0, 0.05) is 18.8 Å². The van der Waals surface area contributed by atoms with Gasteiger partial charge >= 0.3 is 5.97 Å². The first kappa shape index (κ1) is 20.6. The Balaban J connectivity index is 1.49. The highest BCUT2D eigenvalue weighted by Gasteiger charge is 2.34. The van der Waals surface area contributed by atoms with E-state index in [0.29, 0.717) is 24.5 Å². The van der Waals surface area contributed by atoms with Gasteiger partial charge in [0.25, 0.3) is 11.8 Å². The number of amides is 2. The van der Waals surface area contributed by atoms with Crippen LogP contribution in [0.2, 0.25) is 0 Å². The van der Waals surface area contributed by atoms with E-state index in [2.05, 4.69) is 10.3 Å². The Morgan fingerprint density at radius 1 is 1.03 bits per heavy atom. The second-order valence-corrected chi connectivity index (χ2v) is 7.10. The highest BCUT2D eigenvalue weighted by atomic mass is 16.5. The number of esters is 1. The maximum Gasteiger partial charge on any atom is 0.338 e. The molecule has 2 aliphatic rings. The normalized spacial score (nSPS) is 17.8. The van der Waals surface area contributed by atoms with Crippen LogP contribution >= 0.6 is 0 Å². The molecule has 4 rings (SSSR count). The van der Waals surface area contributed by atoms with Crippen LogP contribution in [0.3, 0.4) is 0 Å². The number of ether oxygens (including phenoxy) is 2. The minimum absolute atomic E-state index is 0.0496. The van der Waals surface area contributed by atoms with Crippen molar-refractivity contribution in [3.63, 3.8) is 0 Å². The van der Waals surface area contributed by atoms with Crippen LogP contribution in [-0.2, 0) is 19.1 Å². The molecule has 160 valence electrons. The summed E-state index contributed by atoms with van der Waals surface area (Å²) in [5.74, 6) is -1.37. The molecule has 8 heteroatoms. The third-order valence-corrected chi connectivity index (χ3v) is 5.11. The fraction of sp³-hybridized carbons (Fsp3) is 0.261. The molecule has 1 N–H and O–H groups in total. The summed E-state index contributed by atoms with van der Waals surface area (Å²) in [7, 11) is 0. The van der Waals surface area contributed by atoms with Crippen LogP contribution in [0.5, 0.6) is 0 Å². The van der Waals surface area contributed by atoms with Crippen LogP contribution in [0.25, 0.3) is 6.08 Å². The molecule has 0 spiro atoms. The minimum Gasteiger partial charge on any atom is -0.462 e. The fourth-order valence-corrected chi connectivity index (χ4v) is 3.47. The maximum absolute atomic E-state index is 12.8. The number of benzene rings is 2. The largest absolute Gasteiger partial charge is 0.462 e. The van der Waals surface area contributed by atoms with Crippen LogP contribution in [0.1, 0.15) is 22.8 Å². The van der Waals surface area contributed by atoms with Crippen molar-refractivity contribution in [2.24, 2.45) is 0 Å². The smallest absolute Gasteiger partial charge is 0.338 e. The summed E-state index contributed by atoms with van der Waals surface area (Å²) < 4.78 is 10.3. The van der Waals surface area contributed by atoms with E-state index in [0.717, 1.165) is 24.3 Å². The van der Waals surface area contributed by atoms with Crippen molar-refractivity contribution >= 4 is 35.2 Å². The van der Waals surface area contributed by atoms with Crippen molar-refractivity contribution in [2.45, 2.75) is 6.92 Å². The Hall–Kier alpha value is -3.65. The van der Waals surface area contributed by atoms with Gasteiger partial charge in [-0.25, -0.2) is 9.80 Å². The minimum atomic E-state index is -0.475. The quantitative estimate of drug-likeness (QED) is 0.452. The topological polar surface area (TPSA) is 88.2 Å². The molecule has 0 radical (unpaired) electrons. The van der Waals surface area contributed by atoms with E-state index < -0.39 is 17.8 Å². The Morgan fingerprint density at radius 2 is 1.68 bits per heavy atom. The number of carbonyl (C=O) groups excluding carboxylic acids is 3. The molecule has 2 aromatic carbocycles. The van der Waals surface area contributed by atoms with Crippen molar-refractivity contribution < 1.29 is 23.9 Å². The molecule has 2 heterocycles. The zero-order chi connectivity index (χ0) is 21.8. The summed E-state index contributed by atoms with van der Waals surface area (Å²) in [6.45, 7) is 5.10. The average Bonchev–Trinajstić information content (AvgIpc) is 3.09. The van der Waals surface area contributed by atoms with Crippen LogP contribution in [0.15, 0.2) is 54.1 Å². The highest BCUT2D eigenvalue weighted by Crippen LogP contribution is 2.23. The molecule has 2 aliphatic heterocycles. The summed E-state index contributed by atoms with van der Waals surface area (Å²) in [5, 5.41) is 1.17. The zero-order valence-electron chi connectivity index (χ0n) is 17.2. The molecule has 2 saturated heterocycles. The van der Waals surface area contributed by atoms with Gasteiger partial charge in [-0.2, -0.15) is 0 Å². The predicted molar refractivity (Wildman–Crippen MR) is 115 cm³/mol. The number of nitrogens with one attached hydrogen (secondary N) is 1. The molecule has 2 amide bonds. The Kier molecular flexibility index (Phi) is 5.99. The Morgan fingerprint density at radius 3 is 2.32 bits per heavy atom. The lowest BCUT2D eigenvalue weighted by Gasteiger charge is -2.28. The lowest BCUT2D eigenvalue weighted by Crippen LogP contribution is -2.36. The first-order valence-electron chi connectivity index (χ1n) is 10.1. The van der Waals surface area contributed by atoms with Gasteiger partial charge in [0.1, 0.15) is 5.57 Å². The van der Waals surface area contributed by atoms with Crippen molar-refractivity contribution in [3.05, 3.63) is 65.2 Å². The van der Waals surface area contributed by atoms with Gasteiger partial charge in [0.2, 0.25) is 0 Å². The van der Waals surface area contributed by atoms with Crippen LogP contribution in [0.4, 0.5) is 11.4 Å². The fourth-order valence-electron chi connectivity index (χ4n) is 3.47. The monoisotopic (exact) mass is 421 g/mol. The second kappa shape index (κ2) is 9.01. The summed E-state index contributed by atoms with van der Waals surface area (Å²) in [6, 6.07) is 14.0. The number of anilines is 2. The van der Waals surface area contributed by atoms with Gasteiger partial charge < -0.3 is 14.4 Å². The average molecular weight is 421 g/mol. The number of hydrogen-bond donors (Lipinski definition) is 1. The first-order chi connectivity index (χ1) is 15.1. The van der Waals surface area contributed by atoms with Crippen LogP contribution in [0, 0.1) is 0 Å². The molecule has 0 bridgehead atoms. The van der Waals surface area contributed by atoms with Gasteiger partial charge in [-0.05, 0) is 55.0 Å². The molecular weight excluding hydrogens is 398 g/mol. The molecule has 31 heavy (non-hydrogen) atoms. The maximum atomic E-state index is 12.8. The number of hydrazine groups is 1. The van der Waals surface area contributed by atoms with E-state index in [4.69, 9.17) is 9.47 Å².